The molecule has 2 aromatic carbocycles. The number of hydrogen-bond donors (Lipinski definition) is 1. The molecule has 1 aliphatic carbocycles. The van der Waals surface area contributed by atoms with E-state index >= 15 is 0 Å². The number of benzene rings is 2. The Morgan fingerprint density at radius 1 is 1.11 bits per heavy atom. The van der Waals surface area contributed by atoms with Gasteiger partial charge in [-0.2, -0.15) is 0 Å². The molecule has 1 unspecified atom stereocenters. The second-order valence-corrected chi connectivity index (χ2v) is 7.95. The number of thioether (sulfide) groups is 1. The summed E-state index contributed by atoms with van der Waals surface area (Å²) >= 11 is 1.69. The molecule has 5 nitrogen and oxygen atoms in total. The average Bonchev–Trinajstić information content (AvgIpc) is 3.08. The monoisotopic (exact) mass is 393 g/mol. The second-order valence-electron chi connectivity index (χ2n) is 7.07. The maximum Gasteiger partial charge on any atom is 0.341 e. The zero-order valence-electron chi connectivity index (χ0n) is 15.3. The predicted octanol–water partition coefficient (Wildman–Crippen LogP) is 3.87. The van der Waals surface area contributed by atoms with Gasteiger partial charge in [0.25, 0.3) is 5.56 Å². The van der Waals surface area contributed by atoms with E-state index in [0.29, 0.717) is 10.9 Å². The minimum absolute atomic E-state index is 0.110. The molecule has 1 heterocycles. The molecule has 0 aliphatic heterocycles. The SMILES string of the molecule is CSc1ccc2c(c1)CC(CC(=O)n1c(=O)c(C(=O)O)cc3ccccc31)C2. The van der Waals surface area contributed by atoms with Gasteiger partial charge < -0.3 is 5.11 Å². The van der Waals surface area contributed by atoms with Crippen molar-refractivity contribution in [3.63, 3.8) is 0 Å². The minimum Gasteiger partial charge on any atom is -0.477 e. The number of aromatic nitrogens is 1. The first-order valence-corrected chi connectivity index (χ1v) is 10.3. The number of carbonyl (C=O) groups is 2. The van der Waals surface area contributed by atoms with Gasteiger partial charge in [-0.3, -0.25) is 9.59 Å². The van der Waals surface area contributed by atoms with Gasteiger partial charge in [-0.1, -0.05) is 24.3 Å². The molecular weight excluding hydrogens is 374 g/mol. The molecule has 0 saturated carbocycles. The van der Waals surface area contributed by atoms with E-state index in [-0.39, 0.29) is 23.8 Å². The summed E-state index contributed by atoms with van der Waals surface area (Å²) in [5.74, 6) is -1.57. The van der Waals surface area contributed by atoms with Crippen molar-refractivity contribution in [1.29, 1.82) is 0 Å². The molecule has 6 heteroatoms. The van der Waals surface area contributed by atoms with E-state index in [1.54, 1.807) is 36.0 Å². The highest BCUT2D eigenvalue weighted by molar-refractivity contribution is 7.98. The van der Waals surface area contributed by atoms with E-state index < -0.39 is 11.5 Å². The largest absolute Gasteiger partial charge is 0.477 e. The van der Waals surface area contributed by atoms with Crippen LogP contribution in [0.15, 0.2) is 58.2 Å². The van der Waals surface area contributed by atoms with Crippen molar-refractivity contribution < 1.29 is 14.7 Å². The highest BCUT2D eigenvalue weighted by atomic mass is 32.2. The summed E-state index contributed by atoms with van der Waals surface area (Å²) in [6.45, 7) is 0. The molecule has 1 aliphatic rings. The molecule has 1 atom stereocenters. The van der Waals surface area contributed by atoms with Crippen molar-refractivity contribution in [2.24, 2.45) is 5.92 Å². The van der Waals surface area contributed by atoms with Gasteiger partial charge in [-0.05, 0) is 65.8 Å². The molecule has 4 rings (SSSR count). The molecule has 28 heavy (non-hydrogen) atoms. The number of fused-ring (bicyclic) bond motifs is 2. The molecule has 1 aromatic heterocycles. The van der Waals surface area contributed by atoms with Crippen LogP contribution in [0.3, 0.4) is 0 Å². The first-order chi connectivity index (χ1) is 13.5. The highest BCUT2D eigenvalue weighted by Crippen LogP contribution is 2.32. The lowest BCUT2D eigenvalue weighted by atomic mass is 10.0. The number of para-hydroxylation sites is 1. The third-order valence-corrected chi connectivity index (χ3v) is 6.01. The van der Waals surface area contributed by atoms with Gasteiger partial charge in [0.15, 0.2) is 0 Å². The van der Waals surface area contributed by atoms with Gasteiger partial charge in [0, 0.05) is 11.3 Å². The lowest BCUT2D eigenvalue weighted by molar-refractivity contribution is 0.0694. The molecule has 0 radical (unpaired) electrons. The van der Waals surface area contributed by atoms with Crippen molar-refractivity contribution in [3.05, 3.63) is 75.6 Å². The molecule has 3 aromatic rings. The summed E-state index contributed by atoms with van der Waals surface area (Å²) in [6, 6.07) is 14.6. The van der Waals surface area contributed by atoms with Crippen LogP contribution in [0.4, 0.5) is 0 Å². The Balaban J connectivity index is 1.67. The maximum absolute atomic E-state index is 13.1. The highest BCUT2D eigenvalue weighted by Gasteiger charge is 2.26. The van der Waals surface area contributed by atoms with E-state index in [2.05, 4.69) is 18.2 Å². The molecule has 1 N–H and O–H groups in total. The van der Waals surface area contributed by atoms with Crippen molar-refractivity contribution in [2.45, 2.75) is 24.2 Å². The van der Waals surface area contributed by atoms with Crippen molar-refractivity contribution in [3.8, 4) is 0 Å². The van der Waals surface area contributed by atoms with Gasteiger partial charge in [0.2, 0.25) is 5.91 Å². The Labute approximate surface area is 166 Å². The lowest BCUT2D eigenvalue weighted by Crippen LogP contribution is -2.32. The Bertz CT molecular complexity index is 1160. The Morgan fingerprint density at radius 3 is 2.61 bits per heavy atom. The van der Waals surface area contributed by atoms with Crippen LogP contribution in [0.5, 0.6) is 0 Å². The van der Waals surface area contributed by atoms with Crippen molar-refractivity contribution in [1.82, 2.24) is 4.57 Å². The van der Waals surface area contributed by atoms with Gasteiger partial charge >= 0.3 is 5.97 Å². The third-order valence-electron chi connectivity index (χ3n) is 5.28. The number of aromatic carboxylic acids is 1. The molecule has 0 spiro atoms. The van der Waals surface area contributed by atoms with Crippen LogP contribution in [0.2, 0.25) is 0 Å². The standard InChI is InChI=1S/C22H19NO4S/c1-28-17-7-6-14-8-13(9-16(14)11-17)10-20(24)23-19-5-3-2-4-15(19)12-18(21(23)25)22(26)27/h2-7,11-13H,8-10H2,1H3,(H,26,27). The number of rotatable bonds is 4. The Hall–Kier alpha value is -2.86. The van der Waals surface area contributed by atoms with Crippen LogP contribution >= 0.6 is 11.8 Å². The van der Waals surface area contributed by atoms with E-state index in [1.165, 1.54) is 22.1 Å². The van der Waals surface area contributed by atoms with Gasteiger partial charge in [0.1, 0.15) is 5.56 Å². The van der Waals surface area contributed by atoms with Crippen LogP contribution in [-0.4, -0.2) is 27.8 Å². The number of pyridine rings is 1. The van der Waals surface area contributed by atoms with E-state index in [0.717, 1.165) is 17.4 Å². The van der Waals surface area contributed by atoms with Crippen LogP contribution in [0.25, 0.3) is 10.9 Å². The summed E-state index contributed by atoms with van der Waals surface area (Å²) in [6.07, 6.45) is 3.82. The number of hydrogen-bond acceptors (Lipinski definition) is 4. The maximum atomic E-state index is 13.1. The molecule has 0 fully saturated rings. The normalized spacial score (nSPS) is 15.5. The summed E-state index contributed by atoms with van der Waals surface area (Å²) in [5, 5.41) is 9.92. The number of carboxylic acid groups (broad SMARTS) is 1. The number of carboxylic acids is 1. The summed E-state index contributed by atoms with van der Waals surface area (Å²) in [5.41, 5.74) is 1.79. The fraction of sp³-hybridized carbons (Fsp3) is 0.227. The van der Waals surface area contributed by atoms with Crippen molar-refractivity contribution in [2.75, 3.05) is 6.26 Å². The minimum atomic E-state index is -1.32. The van der Waals surface area contributed by atoms with Gasteiger partial charge in [0.05, 0.1) is 5.52 Å². The zero-order chi connectivity index (χ0) is 19.8. The zero-order valence-corrected chi connectivity index (χ0v) is 16.2. The molecule has 0 saturated heterocycles. The quantitative estimate of drug-likeness (QED) is 0.681. The molecule has 0 bridgehead atoms. The van der Waals surface area contributed by atoms with Gasteiger partial charge in [-0.15, -0.1) is 11.8 Å². The smallest absolute Gasteiger partial charge is 0.341 e. The van der Waals surface area contributed by atoms with Crippen LogP contribution in [0.1, 0.15) is 32.7 Å². The average molecular weight is 393 g/mol. The summed E-state index contributed by atoms with van der Waals surface area (Å²) in [4.78, 5) is 38.4. The first-order valence-electron chi connectivity index (χ1n) is 9.05. The van der Waals surface area contributed by atoms with Crippen LogP contribution in [-0.2, 0) is 12.8 Å². The molecule has 142 valence electrons. The Morgan fingerprint density at radius 2 is 1.86 bits per heavy atom. The summed E-state index contributed by atoms with van der Waals surface area (Å²) in [7, 11) is 0. The van der Waals surface area contributed by atoms with Crippen molar-refractivity contribution >= 4 is 34.5 Å². The van der Waals surface area contributed by atoms with Crippen LogP contribution in [0, 0.1) is 5.92 Å². The first kappa shape index (κ1) is 18.5. The fourth-order valence-corrected chi connectivity index (χ4v) is 4.42. The molecule has 0 amide bonds. The van der Waals surface area contributed by atoms with E-state index in [1.807, 2.05) is 6.26 Å². The number of carbonyl (C=O) groups excluding carboxylic acids is 1. The second kappa shape index (κ2) is 7.28. The third kappa shape index (κ3) is 3.24. The van der Waals surface area contributed by atoms with E-state index in [9.17, 15) is 19.5 Å². The molecular formula is C22H19NO4S. The predicted molar refractivity (Wildman–Crippen MR) is 110 cm³/mol. The van der Waals surface area contributed by atoms with Crippen LogP contribution < -0.4 is 5.56 Å². The topological polar surface area (TPSA) is 76.4 Å². The fourth-order valence-electron chi connectivity index (χ4n) is 3.96. The Kier molecular flexibility index (Phi) is 4.81. The number of nitrogens with zero attached hydrogens (tertiary/aromatic N) is 1. The lowest BCUT2D eigenvalue weighted by Gasteiger charge is -2.13. The van der Waals surface area contributed by atoms with E-state index in [4.69, 9.17) is 0 Å². The summed E-state index contributed by atoms with van der Waals surface area (Å²) < 4.78 is 1.04. The van der Waals surface area contributed by atoms with Gasteiger partial charge in [-0.25, -0.2) is 9.36 Å².